The fourth-order valence-corrected chi connectivity index (χ4v) is 4.18. The molecule has 4 heteroatoms. The molecule has 0 aromatic heterocycles. The van der Waals surface area contributed by atoms with Crippen LogP contribution in [-0.4, -0.2) is 30.1 Å². The number of Topliss-reactive ketones (excluding diaryl/α,β-unsaturated/α-hetero) is 1. The Kier molecular flexibility index (Phi) is 9.70. The topological polar surface area (TPSA) is 63.6 Å². The molecule has 0 saturated heterocycles. The Labute approximate surface area is 187 Å². The number of ketones is 1. The van der Waals surface area contributed by atoms with E-state index >= 15 is 0 Å². The predicted molar refractivity (Wildman–Crippen MR) is 125 cm³/mol. The Balaban J connectivity index is 2.08. The molecule has 1 N–H and O–H groups in total. The number of methoxy groups -OCH3 is 1. The van der Waals surface area contributed by atoms with E-state index in [0.29, 0.717) is 12.8 Å². The maximum atomic E-state index is 13.0. The highest BCUT2D eigenvalue weighted by Gasteiger charge is 2.37. The van der Waals surface area contributed by atoms with Crippen LogP contribution in [0.25, 0.3) is 0 Å². The van der Waals surface area contributed by atoms with Crippen molar-refractivity contribution in [3.8, 4) is 0 Å². The SMILES string of the molecule is CCCCC(C)(C)C(O)C=C[C@H]1c2ccccc2C(=O)[C@@H]1C/C=C\CCCC(=O)OC. The molecule has 1 aromatic rings. The van der Waals surface area contributed by atoms with Gasteiger partial charge >= 0.3 is 5.97 Å². The number of ether oxygens (including phenoxy) is 1. The lowest BCUT2D eigenvalue weighted by atomic mass is 9.80. The van der Waals surface area contributed by atoms with E-state index in [2.05, 4.69) is 25.5 Å². The van der Waals surface area contributed by atoms with E-state index in [9.17, 15) is 14.7 Å². The monoisotopic (exact) mass is 426 g/mol. The zero-order chi connectivity index (χ0) is 22.9. The van der Waals surface area contributed by atoms with E-state index in [1.807, 2.05) is 48.6 Å². The second kappa shape index (κ2) is 12.0. The van der Waals surface area contributed by atoms with Gasteiger partial charge in [0.25, 0.3) is 0 Å². The molecule has 1 aliphatic rings. The van der Waals surface area contributed by atoms with Gasteiger partial charge in [0.1, 0.15) is 0 Å². The summed E-state index contributed by atoms with van der Waals surface area (Å²) in [7, 11) is 1.40. The van der Waals surface area contributed by atoms with Crippen molar-refractivity contribution in [2.24, 2.45) is 11.3 Å². The number of aliphatic hydroxyl groups excluding tert-OH is 1. The molecule has 0 spiro atoms. The van der Waals surface area contributed by atoms with Gasteiger partial charge in [-0.1, -0.05) is 82.2 Å². The highest BCUT2D eigenvalue weighted by atomic mass is 16.5. The molecule has 0 bridgehead atoms. The van der Waals surface area contributed by atoms with Crippen LogP contribution in [0.5, 0.6) is 0 Å². The average molecular weight is 427 g/mol. The highest BCUT2D eigenvalue weighted by Crippen LogP contribution is 2.41. The van der Waals surface area contributed by atoms with Gasteiger partial charge in [-0.2, -0.15) is 0 Å². The molecule has 4 nitrogen and oxygen atoms in total. The largest absolute Gasteiger partial charge is 0.469 e. The van der Waals surface area contributed by atoms with Crippen molar-refractivity contribution in [2.75, 3.05) is 7.11 Å². The van der Waals surface area contributed by atoms with Crippen LogP contribution >= 0.6 is 0 Å². The number of esters is 1. The van der Waals surface area contributed by atoms with Crippen molar-refractivity contribution >= 4 is 11.8 Å². The molecule has 0 aliphatic heterocycles. The molecule has 0 saturated carbocycles. The lowest BCUT2D eigenvalue weighted by Gasteiger charge is -2.29. The van der Waals surface area contributed by atoms with E-state index in [1.54, 1.807) is 0 Å². The molecule has 0 heterocycles. The van der Waals surface area contributed by atoms with Crippen LogP contribution in [0.2, 0.25) is 0 Å². The summed E-state index contributed by atoms with van der Waals surface area (Å²) in [6, 6.07) is 7.81. The number of fused-ring (bicyclic) bond motifs is 1. The van der Waals surface area contributed by atoms with Gasteiger partial charge < -0.3 is 9.84 Å². The van der Waals surface area contributed by atoms with Crippen molar-refractivity contribution in [2.45, 2.75) is 77.7 Å². The van der Waals surface area contributed by atoms with Gasteiger partial charge in [-0.05, 0) is 36.7 Å². The first-order valence-electron chi connectivity index (χ1n) is 11.5. The minimum absolute atomic E-state index is 0.0277. The molecule has 31 heavy (non-hydrogen) atoms. The van der Waals surface area contributed by atoms with Crippen molar-refractivity contribution in [3.63, 3.8) is 0 Å². The van der Waals surface area contributed by atoms with Gasteiger partial charge in [0, 0.05) is 23.8 Å². The van der Waals surface area contributed by atoms with Crippen LogP contribution in [0.4, 0.5) is 0 Å². The summed E-state index contributed by atoms with van der Waals surface area (Å²) < 4.78 is 4.66. The van der Waals surface area contributed by atoms with Crippen LogP contribution in [0.1, 0.15) is 87.6 Å². The lowest BCUT2D eigenvalue weighted by Crippen LogP contribution is -2.27. The van der Waals surface area contributed by atoms with Crippen LogP contribution in [0, 0.1) is 11.3 Å². The highest BCUT2D eigenvalue weighted by molar-refractivity contribution is 6.03. The van der Waals surface area contributed by atoms with Gasteiger partial charge in [0.2, 0.25) is 0 Å². The molecule has 2 rings (SSSR count). The van der Waals surface area contributed by atoms with E-state index in [-0.39, 0.29) is 29.0 Å². The number of unbranched alkanes of at least 4 members (excludes halogenated alkanes) is 2. The number of carbonyl (C=O) groups excluding carboxylic acids is 2. The molecule has 1 aromatic carbocycles. The summed E-state index contributed by atoms with van der Waals surface area (Å²) in [4.78, 5) is 24.2. The van der Waals surface area contributed by atoms with Crippen LogP contribution in [0.15, 0.2) is 48.6 Å². The van der Waals surface area contributed by atoms with Gasteiger partial charge in [-0.25, -0.2) is 0 Å². The molecule has 0 amide bonds. The normalized spacial score (nSPS) is 19.8. The predicted octanol–water partition coefficient (Wildman–Crippen LogP) is 6.01. The zero-order valence-electron chi connectivity index (χ0n) is 19.5. The lowest BCUT2D eigenvalue weighted by molar-refractivity contribution is -0.140. The zero-order valence-corrected chi connectivity index (χ0v) is 19.5. The summed E-state index contributed by atoms with van der Waals surface area (Å²) in [5, 5.41) is 10.8. The van der Waals surface area contributed by atoms with Gasteiger partial charge in [-0.15, -0.1) is 0 Å². The fraction of sp³-hybridized carbons (Fsp3) is 0.556. The first kappa shape index (κ1) is 25.1. The van der Waals surface area contributed by atoms with E-state index in [4.69, 9.17) is 0 Å². The summed E-state index contributed by atoms with van der Waals surface area (Å²) in [6.07, 6.45) is 13.2. The van der Waals surface area contributed by atoms with Crippen molar-refractivity contribution < 1.29 is 19.4 Å². The molecule has 0 radical (unpaired) electrons. The third-order valence-corrected chi connectivity index (χ3v) is 6.37. The standard InChI is InChI=1S/C27H38O4/c1-5-6-19-27(2,3)24(28)18-17-21-20-13-11-12-15-22(20)26(30)23(21)14-9-7-8-10-16-25(29)31-4/h7,9,11-13,15,17-18,21,23-24,28H,5-6,8,10,14,16,19H2,1-4H3/b9-7-,18-17?/t21-,23+,24?/m0/s1. The molecule has 170 valence electrons. The summed E-state index contributed by atoms with van der Waals surface area (Å²) >= 11 is 0. The van der Waals surface area contributed by atoms with Crippen LogP contribution in [-0.2, 0) is 9.53 Å². The third kappa shape index (κ3) is 6.90. The smallest absolute Gasteiger partial charge is 0.305 e. The molecule has 1 unspecified atom stereocenters. The fourth-order valence-electron chi connectivity index (χ4n) is 4.18. The number of benzene rings is 1. The van der Waals surface area contributed by atoms with E-state index in [1.165, 1.54) is 7.11 Å². The number of hydrogen-bond acceptors (Lipinski definition) is 4. The number of allylic oxidation sites excluding steroid dienone is 3. The van der Waals surface area contributed by atoms with E-state index < -0.39 is 6.10 Å². The quantitative estimate of drug-likeness (QED) is 0.253. The summed E-state index contributed by atoms with van der Waals surface area (Å²) in [5.74, 6) is -0.207. The maximum absolute atomic E-state index is 13.0. The second-order valence-corrected chi connectivity index (χ2v) is 9.18. The Morgan fingerprint density at radius 3 is 2.68 bits per heavy atom. The molecule has 0 fully saturated rings. The van der Waals surface area contributed by atoms with Crippen molar-refractivity contribution in [3.05, 3.63) is 59.7 Å². The second-order valence-electron chi connectivity index (χ2n) is 9.18. The van der Waals surface area contributed by atoms with Crippen LogP contribution < -0.4 is 0 Å². The van der Waals surface area contributed by atoms with Gasteiger partial charge in [0.05, 0.1) is 13.2 Å². The first-order valence-corrected chi connectivity index (χ1v) is 11.5. The molecular formula is C27H38O4. The molecular weight excluding hydrogens is 388 g/mol. The minimum Gasteiger partial charge on any atom is -0.469 e. The molecule has 3 atom stereocenters. The number of hydrogen-bond donors (Lipinski definition) is 1. The third-order valence-electron chi connectivity index (χ3n) is 6.37. The Bertz CT molecular complexity index is 790. The van der Waals surface area contributed by atoms with Gasteiger partial charge in [0.15, 0.2) is 5.78 Å². The van der Waals surface area contributed by atoms with Crippen molar-refractivity contribution in [1.29, 1.82) is 0 Å². The average Bonchev–Trinajstić information content (AvgIpc) is 3.03. The Hall–Kier alpha value is -2.20. The first-order chi connectivity index (χ1) is 14.8. The van der Waals surface area contributed by atoms with E-state index in [0.717, 1.165) is 43.2 Å². The van der Waals surface area contributed by atoms with Crippen molar-refractivity contribution in [1.82, 2.24) is 0 Å². The molecule has 1 aliphatic carbocycles. The Morgan fingerprint density at radius 2 is 1.97 bits per heavy atom. The Morgan fingerprint density at radius 1 is 1.23 bits per heavy atom. The number of aliphatic hydroxyl groups is 1. The summed E-state index contributed by atoms with van der Waals surface area (Å²) in [5.41, 5.74) is 1.65. The van der Waals surface area contributed by atoms with Gasteiger partial charge in [-0.3, -0.25) is 9.59 Å². The number of carbonyl (C=O) groups is 2. The minimum atomic E-state index is -0.545. The summed E-state index contributed by atoms with van der Waals surface area (Å²) in [6.45, 7) is 6.35. The number of rotatable bonds is 12. The van der Waals surface area contributed by atoms with Crippen LogP contribution in [0.3, 0.4) is 0 Å². The maximum Gasteiger partial charge on any atom is 0.305 e.